The van der Waals surface area contributed by atoms with Crippen LogP contribution in [-0.2, 0) is 19.1 Å². The third-order valence-corrected chi connectivity index (χ3v) is 2.99. The van der Waals surface area contributed by atoms with Crippen LogP contribution in [0.1, 0.15) is 19.4 Å². The Balaban J connectivity index is 2.38. The number of benzene rings is 1. The molecule has 2 N–H and O–H groups in total. The molecule has 24 heavy (non-hydrogen) atoms. The van der Waals surface area contributed by atoms with E-state index in [9.17, 15) is 14.4 Å². The van der Waals surface area contributed by atoms with Crippen LogP contribution >= 0.6 is 0 Å². The topological polar surface area (TPSA) is 93.7 Å². The van der Waals surface area contributed by atoms with Crippen molar-refractivity contribution in [3.63, 3.8) is 0 Å². The van der Waals surface area contributed by atoms with Crippen molar-refractivity contribution < 1.29 is 23.9 Å². The van der Waals surface area contributed by atoms with E-state index in [0.717, 1.165) is 5.56 Å². The Morgan fingerprint density at radius 3 is 2.46 bits per heavy atom. The van der Waals surface area contributed by atoms with E-state index in [1.807, 2.05) is 0 Å². The molecule has 7 heteroatoms. The van der Waals surface area contributed by atoms with Crippen LogP contribution in [0, 0.1) is 0 Å². The number of esters is 1. The highest BCUT2D eigenvalue weighted by atomic mass is 16.5. The Labute approximate surface area is 141 Å². The highest BCUT2D eigenvalue weighted by Gasteiger charge is 2.15. The predicted octanol–water partition coefficient (Wildman–Crippen LogP) is 0.892. The minimum absolute atomic E-state index is 0.295. The molecule has 0 fully saturated rings. The third-order valence-electron chi connectivity index (χ3n) is 2.99. The van der Waals surface area contributed by atoms with Gasteiger partial charge < -0.3 is 20.1 Å². The van der Waals surface area contributed by atoms with Crippen molar-refractivity contribution in [3.8, 4) is 5.75 Å². The van der Waals surface area contributed by atoms with Crippen molar-refractivity contribution in [1.29, 1.82) is 0 Å². The number of hydrogen-bond donors (Lipinski definition) is 2. The molecule has 0 aliphatic heterocycles. The number of ether oxygens (including phenoxy) is 2. The van der Waals surface area contributed by atoms with Crippen molar-refractivity contribution in [1.82, 2.24) is 10.6 Å². The lowest BCUT2D eigenvalue weighted by molar-refractivity contribution is -0.144. The van der Waals surface area contributed by atoms with Crippen molar-refractivity contribution >= 4 is 23.9 Å². The van der Waals surface area contributed by atoms with Crippen LogP contribution in [0.15, 0.2) is 30.3 Å². The Hall–Kier alpha value is -2.83. The van der Waals surface area contributed by atoms with Gasteiger partial charge in [-0.05, 0) is 37.6 Å². The molecule has 1 aromatic rings. The van der Waals surface area contributed by atoms with Crippen LogP contribution in [0.25, 0.3) is 6.08 Å². The number of nitrogens with one attached hydrogen (secondary N) is 2. The van der Waals surface area contributed by atoms with Crippen LogP contribution in [0.2, 0.25) is 0 Å². The lowest BCUT2D eigenvalue weighted by atomic mass is 10.2. The maximum Gasteiger partial charge on any atom is 0.331 e. The fourth-order valence-electron chi connectivity index (χ4n) is 1.74. The summed E-state index contributed by atoms with van der Waals surface area (Å²) in [6.45, 7) is 3.36. The molecule has 0 aromatic heterocycles. The number of methoxy groups -OCH3 is 1. The minimum atomic E-state index is -0.689. The molecule has 1 atom stereocenters. The van der Waals surface area contributed by atoms with Crippen LogP contribution in [0.4, 0.5) is 0 Å². The molecule has 0 aliphatic carbocycles. The average molecular weight is 334 g/mol. The van der Waals surface area contributed by atoms with Crippen LogP contribution in [0.5, 0.6) is 5.75 Å². The van der Waals surface area contributed by atoms with Gasteiger partial charge in [0, 0.05) is 12.6 Å². The van der Waals surface area contributed by atoms with E-state index in [1.54, 1.807) is 51.3 Å². The molecule has 0 heterocycles. The normalized spacial score (nSPS) is 11.6. The summed E-state index contributed by atoms with van der Waals surface area (Å²) < 4.78 is 9.85. The molecule has 0 bridgehead atoms. The number of hydrogen-bond acceptors (Lipinski definition) is 5. The maximum absolute atomic E-state index is 11.6. The highest BCUT2D eigenvalue weighted by molar-refractivity contribution is 5.91. The molecule has 0 saturated heterocycles. The first-order valence-electron chi connectivity index (χ1n) is 7.52. The molecular weight excluding hydrogens is 312 g/mol. The number of amides is 2. The fourth-order valence-corrected chi connectivity index (χ4v) is 1.74. The van der Waals surface area contributed by atoms with Gasteiger partial charge in [0.2, 0.25) is 5.91 Å². The lowest BCUT2D eigenvalue weighted by Gasteiger charge is -2.12. The molecule has 130 valence electrons. The number of carbonyl (C=O) groups excluding carboxylic acids is 3. The second-order valence-corrected chi connectivity index (χ2v) is 4.90. The monoisotopic (exact) mass is 334 g/mol. The van der Waals surface area contributed by atoms with Gasteiger partial charge in [0.1, 0.15) is 11.8 Å². The van der Waals surface area contributed by atoms with E-state index in [2.05, 4.69) is 10.6 Å². The summed E-state index contributed by atoms with van der Waals surface area (Å²) in [7, 11) is 1.57. The Morgan fingerprint density at radius 1 is 1.21 bits per heavy atom. The molecular formula is C17H22N2O5. The van der Waals surface area contributed by atoms with Crippen LogP contribution in [-0.4, -0.2) is 44.1 Å². The molecule has 0 spiro atoms. The lowest BCUT2D eigenvalue weighted by Crippen LogP contribution is -2.46. The smallest absolute Gasteiger partial charge is 0.331 e. The maximum atomic E-state index is 11.6. The van der Waals surface area contributed by atoms with Gasteiger partial charge in [0.25, 0.3) is 5.91 Å². The van der Waals surface area contributed by atoms with Crippen molar-refractivity contribution in [3.05, 3.63) is 35.9 Å². The van der Waals surface area contributed by atoms with Crippen molar-refractivity contribution in [2.45, 2.75) is 19.9 Å². The van der Waals surface area contributed by atoms with E-state index in [0.29, 0.717) is 12.3 Å². The Bertz CT molecular complexity index is 596. The van der Waals surface area contributed by atoms with E-state index < -0.39 is 24.5 Å². The van der Waals surface area contributed by atoms with E-state index in [4.69, 9.17) is 9.47 Å². The quantitative estimate of drug-likeness (QED) is 0.544. The molecule has 1 aromatic carbocycles. The first kappa shape index (κ1) is 19.2. The van der Waals surface area contributed by atoms with Gasteiger partial charge in [-0.15, -0.1) is 0 Å². The molecule has 0 unspecified atom stereocenters. The second kappa shape index (κ2) is 10.0. The van der Waals surface area contributed by atoms with E-state index in [1.165, 1.54) is 6.08 Å². The van der Waals surface area contributed by atoms with Gasteiger partial charge in [0.05, 0.1) is 7.11 Å². The summed E-state index contributed by atoms with van der Waals surface area (Å²) in [6.07, 6.45) is 2.79. The molecule has 1 rings (SSSR count). The zero-order chi connectivity index (χ0) is 17.9. The summed E-state index contributed by atoms with van der Waals surface area (Å²) >= 11 is 0. The highest BCUT2D eigenvalue weighted by Crippen LogP contribution is 2.12. The Kier molecular flexibility index (Phi) is 8.04. The van der Waals surface area contributed by atoms with Crippen LogP contribution < -0.4 is 15.4 Å². The Morgan fingerprint density at radius 2 is 1.88 bits per heavy atom. The molecule has 0 saturated carbocycles. The van der Waals surface area contributed by atoms with Gasteiger partial charge in [-0.25, -0.2) is 4.79 Å². The first-order valence-corrected chi connectivity index (χ1v) is 7.52. The standard InChI is InChI=1S/C17H22N2O5/c1-4-18-17(22)12(2)19-15(20)11-24-16(21)10-7-13-5-8-14(23-3)9-6-13/h5-10,12H,4,11H2,1-3H3,(H,18,22)(H,19,20)/b10-7+/t12-/m0/s1. The number of rotatable bonds is 8. The number of carbonyl (C=O) groups is 3. The SMILES string of the molecule is CCNC(=O)[C@H](C)NC(=O)COC(=O)/C=C/c1ccc(OC)cc1. The average Bonchev–Trinajstić information content (AvgIpc) is 2.58. The molecule has 7 nitrogen and oxygen atoms in total. The van der Waals surface area contributed by atoms with Gasteiger partial charge >= 0.3 is 5.97 Å². The summed E-state index contributed by atoms with van der Waals surface area (Å²) in [5.41, 5.74) is 0.794. The summed E-state index contributed by atoms with van der Waals surface area (Å²) in [5.74, 6) is -0.768. The minimum Gasteiger partial charge on any atom is -0.497 e. The van der Waals surface area contributed by atoms with Crippen molar-refractivity contribution in [2.75, 3.05) is 20.3 Å². The summed E-state index contributed by atoms with van der Waals surface area (Å²) in [5, 5.41) is 5.02. The van der Waals surface area contributed by atoms with Crippen molar-refractivity contribution in [2.24, 2.45) is 0 Å². The van der Waals surface area contributed by atoms with Gasteiger partial charge in [-0.3, -0.25) is 9.59 Å². The predicted molar refractivity (Wildman–Crippen MR) is 89.3 cm³/mol. The molecule has 0 radical (unpaired) electrons. The largest absolute Gasteiger partial charge is 0.497 e. The van der Waals surface area contributed by atoms with E-state index >= 15 is 0 Å². The van der Waals surface area contributed by atoms with E-state index in [-0.39, 0.29) is 5.91 Å². The first-order chi connectivity index (χ1) is 11.5. The zero-order valence-corrected chi connectivity index (χ0v) is 14.0. The second-order valence-electron chi connectivity index (χ2n) is 4.90. The van der Waals surface area contributed by atoms with Gasteiger partial charge in [-0.1, -0.05) is 12.1 Å². The fraction of sp³-hybridized carbons (Fsp3) is 0.353. The molecule has 2 amide bonds. The third kappa shape index (κ3) is 6.95. The summed E-state index contributed by atoms with van der Waals surface area (Å²) in [6, 6.07) is 6.40. The number of likely N-dealkylation sites (N-methyl/N-ethyl adjacent to an activating group) is 1. The van der Waals surface area contributed by atoms with Gasteiger partial charge in [-0.2, -0.15) is 0 Å². The molecule has 0 aliphatic rings. The van der Waals surface area contributed by atoms with Crippen LogP contribution in [0.3, 0.4) is 0 Å². The summed E-state index contributed by atoms with van der Waals surface area (Å²) in [4.78, 5) is 34.6. The van der Waals surface area contributed by atoms with Gasteiger partial charge in [0.15, 0.2) is 6.61 Å². The zero-order valence-electron chi connectivity index (χ0n) is 14.0.